The van der Waals surface area contributed by atoms with Gasteiger partial charge in [-0.1, -0.05) is 12.1 Å². The van der Waals surface area contributed by atoms with Crippen molar-refractivity contribution in [2.75, 3.05) is 16.4 Å². The zero-order chi connectivity index (χ0) is 14.7. The first-order chi connectivity index (χ1) is 9.45. The number of benzene rings is 2. The second-order valence-corrected chi connectivity index (χ2v) is 4.61. The van der Waals surface area contributed by atoms with Gasteiger partial charge in [0.05, 0.1) is 0 Å². The van der Waals surface area contributed by atoms with Crippen molar-refractivity contribution in [2.24, 2.45) is 0 Å². The maximum absolute atomic E-state index is 13.1. The van der Waals surface area contributed by atoms with Gasteiger partial charge in [-0.2, -0.15) is 0 Å². The number of anilines is 3. The fraction of sp³-hybridized carbons (Fsp3) is 0.133. The highest BCUT2D eigenvalue weighted by Gasteiger charge is 2.06. The molecule has 0 aliphatic carbocycles. The summed E-state index contributed by atoms with van der Waals surface area (Å²) in [5.74, 6) is -0.398. The number of halogens is 1. The van der Waals surface area contributed by atoms with Crippen LogP contribution in [0.25, 0.3) is 0 Å². The van der Waals surface area contributed by atoms with E-state index in [1.807, 2.05) is 13.0 Å². The Hall–Kier alpha value is -2.56. The maximum Gasteiger partial charge on any atom is 0.323 e. The molecule has 0 aromatic heterocycles. The Morgan fingerprint density at radius 2 is 1.75 bits per heavy atom. The fourth-order valence-electron chi connectivity index (χ4n) is 1.73. The Morgan fingerprint density at radius 3 is 2.45 bits per heavy atom. The summed E-state index contributed by atoms with van der Waals surface area (Å²) in [6, 6.07) is 9.03. The SMILES string of the molecule is Cc1ccc(NC(=O)Nc2cc(F)ccc2C)cc1N. The van der Waals surface area contributed by atoms with E-state index >= 15 is 0 Å². The first-order valence-corrected chi connectivity index (χ1v) is 6.16. The summed E-state index contributed by atoms with van der Waals surface area (Å²) in [4.78, 5) is 11.9. The quantitative estimate of drug-likeness (QED) is 0.731. The van der Waals surface area contributed by atoms with Gasteiger partial charge < -0.3 is 16.4 Å². The third-order valence-electron chi connectivity index (χ3n) is 2.98. The van der Waals surface area contributed by atoms with Crippen molar-refractivity contribution in [3.05, 3.63) is 53.3 Å². The molecule has 2 aromatic rings. The maximum atomic E-state index is 13.1. The van der Waals surface area contributed by atoms with E-state index < -0.39 is 11.8 Å². The van der Waals surface area contributed by atoms with Gasteiger partial charge in [-0.25, -0.2) is 9.18 Å². The standard InChI is InChI=1S/C15H16FN3O/c1-9-4-6-12(8-13(9)17)18-15(20)19-14-7-11(16)5-3-10(14)2/h3-8H,17H2,1-2H3,(H2,18,19,20). The lowest BCUT2D eigenvalue weighted by molar-refractivity contribution is 0.262. The molecule has 0 radical (unpaired) electrons. The molecule has 0 aliphatic heterocycles. The molecule has 4 N–H and O–H groups in total. The zero-order valence-electron chi connectivity index (χ0n) is 11.3. The van der Waals surface area contributed by atoms with Crippen LogP contribution in [0.4, 0.5) is 26.2 Å². The van der Waals surface area contributed by atoms with Crippen LogP contribution in [0, 0.1) is 19.7 Å². The third-order valence-corrected chi connectivity index (χ3v) is 2.98. The summed E-state index contributed by atoms with van der Waals surface area (Å²) in [5.41, 5.74) is 9.11. The van der Waals surface area contributed by atoms with Gasteiger partial charge in [0.25, 0.3) is 0 Å². The summed E-state index contributed by atoms with van der Waals surface area (Å²) in [6.45, 7) is 3.67. The number of hydrogen-bond acceptors (Lipinski definition) is 2. The molecule has 0 atom stereocenters. The minimum absolute atomic E-state index is 0.398. The highest BCUT2D eigenvalue weighted by Crippen LogP contribution is 2.19. The number of nitrogens with one attached hydrogen (secondary N) is 2. The Bertz CT molecular complexity index is 656. The normalized spacial score (nSPS) is 10.2. The Morgan fingerprint density at radius 1 is 1.05 bits per heavy atom. The number of carbonyl (C=O) groups is 1. The van der Waals surface area contributed by atoms with Gasteiger partial charge in [-0.05, 0) is 49.2 Å². The van der Waals surface area contributed by atoms with Gasteiger partial charge in [0.2, 0.25) is 0 Å². The molecule has 104 valence electrons. The number of nitrogens with two attached hydrogens (primary N) is 1. The number of carbonyl (C=O) groups excluding carboxylic acids is 1. The van der Waals surface area contributed by atoms with Crippen LogP contribution < -0.4 is 16.4 Å². The molecule has 0 bridgehead atoms. The molecule has 0 aliphatic rings. The smallest absolute Gasteiger partial charge is 0.323 e. The minimum atomic E-state index is -0.443. The minimum Gasteiger partial charge on any atom is -0.398 e. The molecule has 2 aromatic carbocycles. The van der Waals surface area contributed by atoms with E-state index in [9.17, 15) is 9.18 Å². The highest BCUT2D eigenvalue weighted by molar-refractivity contribution is 6.00. The monoisotopic (exact) mass is 273 g/mol. The number of aryl methyl sites for hydroxylation is 2. The topological polar surface area (TPSA) is 67.2 Å². The van der Waals surface area contributed by atoms with E-state index in [1.165, 1.54) is 12.1 Å². The van der Waals surface area contributed by atoms with Crippen LogP contribution in [0.5, 0.6) is 0 Å². The summed E-state index contributed by atoms with van der Waals surface area (Å²) in [7, 11) is 0. The lowest BCUT2D eigenvalue weighted by Gasteiger charge is -2.11. The van der Waals surface area contributed by atoms with Crippen molar-refractivity contribution < 1.29 is 9.18 Å². The molecule has 0 spiro atoms. The van der Waals surface area contributed by atoms with Crippen molar-refractivity contribution in [3.8, 4) is 0 Å². The van der Waals surface area contributed by atoms with E-state index in [0.29, 0.717) is 17.1 Å². The van der Waals surface area contributed by atoms with Crippen LogP contribution in [0.2, 0.25) is 0 Å². The summed E-state index contributed by atoms with van der Waals surface area (Å²) >= 11 is 0. The van der Waals surface area contributed by atoms with Gasteiger partial charge >= 0.3 is 6.03 Å². The summed E-state index contributed by atoms with van der Waals surface area (Å²) in [5, 5.41) is 5.26. The van der Waals surface area contributed by atoms with Crippen molar-refractivity contribution in [1.82, 2.24) is 0 Å². The van der Waals surface area contributed by atoms with Crippen LogP contribution in [-0.2, 0) is 0 Å². The molecule has 4 nitrogen and oxygen atoms in total. The van der Waals surface area contributed by atoms with Crippen LogP contribution in [0.15, 0.2) is 36.4 Å². The summed E-state index contributed by atoms with van der Waals surface area (Å²) < 4.78 is 13.1. The molecular formula is C15H16FN3O. The van der Waals surface area contributed by atoms with Gasteiger partial charge in [0.15, 0.2) is 0 Å². The number of urea groups is 1. The van der Waals surface area contributed by atoms with Gasteiger partial charge in [-0.15, -0.1) is 0 Å². The van der Waals surface area contributed by atoms with Crippen molar-refractivity contribution in [1.29, 1.82) is 0 Å². The van der Waals surface area contributed by atoms with E-state index in [2.05, 4.69) is 10.6 Å². The third kappa shape index (κ3) is 3.26. The first-order valence-electron chi connectivity index (χ1n) is 6.16. The average Bonchev–Trinajstić information content (AvgIpc) is 2.38. The number of hydrogen-bond donors (Lipinski definition) is 3. The zero-order valence-corrected chi connectivity index (χ0v) is 11.3. The number of nitrogen functional groups attached to an aromatic ring is 1. The molecule has 5 heteroatoms. The molecule has 2 rings (SSSR count). The van der Waals surface area contributed by atoms with E-state index in [1.54, 1.807) is 25.1 Å². The van der Waals surface area contributed by atoms with Crippen LogP contribution in [0.1, 0.15) is 11.1 Å². The molecule has 0 fully saturated rings. The van der Waals surface area contributed by atoms with E-state index in [4.69, 9.17) is 5.73 Å². The van der Waals surface area contributed by atoms with Crippen molar-refractivity contribution in [2.45, 2.75) is 13.8 Å². The second kappa shape index (κ2) is 5.61. The number of amides is 2. The molecule has 0 unspecified atom stereocenters. The largest absolute Gasteiger partial charge is 0.398 e. The first kappa shape index (κ1) is 13.9. The molecule has 0 saturated heterocycles. The molecule has 2 amide bonds. The lowest BCUT2D eigenvalue weighted by Crippen LogP contribution is -2.20. The van der Waals surface area contributed by atoms with Gasteiger partial charge in [-0.3, -0.25) is 0 Å². The fourth-order valence-corrected chi connectivity index (χ4v) is 1.73. The van der Waals surface area contributed by atoms with Gasteiger partial charge in [0, 0.05) is 17.1 Å². The van der Waals surface area contributed by atoms with E-state index in [0.717, 1.165) is 11.1 Å². The number of rotatable bonds is 2. The lowest BCUT2D eigenvalue weighted by atomic mass is 10.2. The van der Waals surface area contributed by atoms with Gasteiger partial charge in [0.1, 0.15) is 5.82 Å². The Balaban J connectivity index is 2.09. The van der Waals surface area contributed by atoms with E-state index in [-0.39, 0.29) is 0 Å². The second-order valence-electron chi connectivity index (χ2n) is 4.61. The Kier molecular flexibility index (Phi) is 3.89. The molecule has 0 saturated carbocycles. The molecule has 0 heterocycles. The molecule has 20 heavy (non-hydrogen) atoms. The van der Waals surface area contributed by atoms with Crippen molar-refractivity contribution >= 4 is 23.1 Å². The highest BCUT2D eigenvalue weighted by atomic mass is 19.1. The van der Waals surface area contributed by atoms with Crippen LogP contribution in [0.3, 0.4) is 0 Å². The average molecular weight is 273 g/mol. The van der Waals surface area contributed by atoms with Crippen LogP contribution >= 0.6 is 0 Å². The summed E-state index contributed by atoms with van der Waals surface area (Å²) in [6.07, 6.45) is 0. The predicted octanol–water partition coefficient (Wildman–Crippen LogP) is 3.67. The van der Waals surface area contributed by atoms with Crippen molar-refractivity contribution in [3.63, 3.8) is 0 Å². The molecular weight excluding hydrogens is 257 g/mol. The Labute approximate surface area is 116 Å². The van der Waals surface area contributed by atoms with Crippen LogP contribution in [-0.4, -0.2) is 6.03 Å². The predicted molar refractivity (Wildman–Crippen MR) is 79.4 cm³/mol.